The molecule has 96 valence electrons. The van der Waals surface area contributed by atoms with Crippen molar-refractivity contribution in [1.82, 2.24) is 9.97 Å². The van der Waals surface area contributed by atoms with Crippen LogP contribution in [0, 0.1) is 0 Å². The smallest absolute Gasteiger partial charge is 0.157 e. The van der Waals surface area contributed by atoms with E-state index in [9.17, 15) is 8.42 Å². The highest BCUT2D eigenvalue weighted by molar-refractivity contribution is 9.10. The van der Waals surface area contributed by atoms with E-state index in [1.165, 1.54) is 0 Å². The summed E-state index contributed by atoms with van der Waals surface area (Å²) in [6.07, 6.45) is 1.16. The SMILES string of the molecule is CC(C)c1nc(C(C)S(C)(=O)=O)nc(Cl)c1Br. The van der Waals surface area contributed by atoms with Crippen molar-refractivity contribution in [3.8, 4) is 0 Å². The van der Waals surface area contributed by atoms with Crippen molar-refractivity contribution in [2.75, 3.05) is 6.26 Å². The van der Waals surface area contributed by atoms with Crippen LogP contribution >= 0.6 is 27.5 Å². The lowest BCUT2D eigenvalue weighted by Gasteiger charge is -2.13. The molecule has 0 fully saturated rings. The van der Waals surface area contributed by atoms with Gasteiger partial charge in [-0.1, -0.05) is 25.4 Å². The number of sulfone groups is 1. The second-order valence-electron chi connectivity index (χ2n) is 4.20. The summed E-state index contributed by atoms with van der Waals surface area (Å²) in [5.41, 5.74) is 0.718. The van der Waals surface area contributed by atoms with Crippen LogP contribution in [-0.4, -0.2) is 24.6 Å². The Morgan fingerprint density at radius 3 is 2.18 bits per heavy atom. The summed E-state index contributed by atoms with van der Waals surface area (Å²) in [5, 5.41) is -0.514. The van der Waals surface area contributed by atoms with Crippen molar-refractivity contribution in [3.63, 3.8) is 0 Å². The maximum atomic E-state index is 11.5. The number of aromatic nitrogens is 2. The monoisotopic (exact) mass is 340 g/mol. The quantitative estimate of drug-likeness (QED) is 0.793. The Morgan fingerprint density at radius 2 is 1.76 bits per heavy atom. The molecule has 0 aliphatic heterocycles. The van der Waals surface area contributed by atoms with Gasteiger partial charge in [-0.3, -0.25) is 0 Å². The highest BCUT2D eigenvalue weighted by Gasteiger charge is 2.23. The Labute approximate surface area is 115 Å². The lowest BCUT2D eigenvalue weighted by Crippen LogP contribution is -2.13. The van der Waals surface area contributed by atoms with Gasteiger partial charge in [-0.15, -0.1) is 0 Å². The average Bonchev–Trinajstić information content (AvgIpc) is 2.19. The van der Waals surface area contributed by atoms with Gasteiger partial charge in [-0.2, -0.15) is 0 Å². The fraction of sp³-hybridized carbons (Fsp3) is 0.600. The summed E-state index contributed by atoms with van der Waals surface area (Å²) in [6.45, 7) is 5.47. The van der Waals surface area contributed by atoms with Gasteiger partial charge in [0.2, 0.25) is 0 Å². The Bertz CT molecular complexity index is 531. The first-order valence-corrected chi connectivity index (χ1v) is 8.18. The minimum absolute atomic E-state index is 0.135. The zero-order chi connectivity index (χ0) is 13.4. The lowest BCUT2D eigenvalue weighted by atomic mass is 10.1. The fourth-order valence-electron chi connectivity index (χ4n) is 1.21. The third-order valence-corrected chi connectivity index (χ3v) is 5.19. The van der Waals surface area contributed by atoms with Gasteiger partial charge in [0.1, 0.15) is 16.2 Å². The molecule has 0 N–H and O–H groups in total. The van der Waals surface area contributed by atoms with E-state index in [0.29, 0.717) is 4.47 Å². The van der Waals surface area contributed by atoms with Crippen LogP contribution in [0.3, 0.4) is 0 Å². The van der Waals surface area contributed by atoms with Crippen LogP contribution in [0.1, 0.15) is 43.5 Å². The molecule has 0 radical (unpaired) electrons. The number of nitrogens with zero attached hydrogens (tertiary/aromatic N) is 2. The molecule has 0 bridgehead atoms. The third-order valence-electron chi connectivity index (χ3n) is 2.41. The second kappa shape index (κ2) is 5.20. The first-order chi connectivity index (χ1) is 7.64. The van der Waals surface area contributed by atoms with Crippen LogP contribution in [0.15, 0.2) is 4.47 Å². The van der Waals surface area contributed by atoms with Crippen molar-refractivity contribution in [2.45, 2.75) is 31.9 Å². The van der Waals surface area contributed by atoms with Crippen molar-refractivity contribution in [1.29, 1.82) is 0 Å². The minimum atomic E-state index is -3.23. The average molecular weight is 342 g/mol. The van der Waals surface area contributed by atoms with Crippen LogP contribution in [0.25, 0.3) is 0 Å². The molecule has 1 aromatic heterocycles. The fourth-order valence-corrected chi connectivity index (χ4v) is 2.52. The molecule has 0 saturated carbocycles. The van der Waals surface area contributed by atoms with Gasteiger partial charge in [0.05, 0.1) is 10.2 Å². The van der Waals surface area contributed by atoms with Gasteiger partial charge in [0, 0.05) is 6.26 Å². The van der Waals surface area contributed by atoms with E-state index in [1.807, 2.05) is 13.8 Å². The van der Waals surface area contributed by atoms with Crippen molar-refractivity contribution in [2.24, 2.45) is 0 Å². The molecule has 1 unspecified atom stereocenters. The number of hydrogen-bond donors (Lipinski definition) is 0. The van der Waals surface area contributed by atoms with Crippen LogP contribution in [-0.2, 0) is 9.84 Å². The van der Waals surface area contributed by atoms with Gasteiger partial charge < -0.3 is 0 Å². The number of halogens is 2. The summed E-state index contributed by atoms with van der Waals surface area (Å²) in [7, 11) is -3.23. The molecule has 1 heterocycles. The maximum Gasteiger partial charge on any atom is 0.157 e. The minimum Gasteiger partial charge on any atom is -0.235 e. The molecule has 1 atom stereocenters. The molecule has 0 saturated heterocycles. The zero-order valence-corrected chi connectivity index (χ0v) is 13.2. The van der Waals surface area contributed by atoms with Gasteiger partial charge >= 0.3 is 0 Å². The van der Waals surface area contributed by atoms with E-state index in [2.05, 4.69) is 25.9 Å². The van der Waals surface area contributed by atoms with Crippen molar-refractivity contribution < 1.29 is 8.42 Å². The standard InChI is InChI=1S/C10H14BrClN2O2S/c1-5(2)8-7(11)9(12)14-10(13-8)6(3)17(4,15)16/h5-6H,1-4H3. The Kier molecular flexibility index (Phi) is 4.54. The molecule has 0 aromatic carbocycles. The molecule has 0 aliphatic rings. The molecular formula is C10H14BrClN2O2S. The van der Waals surface area contributed by atoms with Crippen LogP contribution in [0.5, 0.6) is 0 Å². The summed E-state index contributed by atoms with van der Waals surface area (Å²) >= 11 is 9.27. The Balaban J connectivity index is 3.39. The van der Waals surface area contributed by atoms with Crippen LogP contribution in [0.4, 0.5) is 0 Å². The highest BCUT2D eigenvalue weighted by Crippen LogP contribution is 2.30. The molecular weight excluding hydrogens is 328 g/mol. The first-order valence-electron chi connectivity index (χ1n) is 5.06. The normalized spacial score (nSPS) is 14.1. The zero-order valence-electron chi connectivity index (χ0n) is 10.0. The number of rotatable bonds is 3. The Hall–Kier alpha value is -0.200. The summed E-state index contributed by atoms with van der Waals surface area (Å²) in [5.74, 6) is 0.375. The summed E-state index contributed by atoms with van der Waals surface area (Å²) in [6, 6.07) is 0. The van der Waals surface area contributed by atoms with E-state index in [4.69, 9.17) is 11.6 Å². The summed E-state index contributed by atoms with van der Waals surface area (Å²) in [4.78, 5) is 8.29. The largest absolute Gasteiger partial charge is 0.235 e. The molecule has 4 nitrogen and oxygen atoms in total. The van der Waals surface area contributed by atoms with Gasteiger partial charge in [0.15, 0.2) is 9.84 Å². The lowest BCUT2D eigenvalue weighted by molar-refractivity contribution is 0.588. The molecule has 7 heteroatoms. The molecule has 1 aromatic rings. The van der Waals surface area contributed by atoms with Gasteiger partial charge in [-0.05, 0) is 28.8 Å². The molecule has 0 spiro atoms. The first kappa shape index (κ1) is 14.9. The Morgan fingerprint density at radius 1 is 1.24 bits per heavy atom. The van der Waals surface area contributed by atoms with Crippen molar-refractivity contribution >= 4 is 37.4 Å². The molecule has 17 heavy (non-hydrogen) atoms. The van der Waals surface area contributed by atoms with Gasteiger partial charge in [-0.25, -0.2) is 18.4 Å². The van der Waals surface area contributed by atoms with Crippen LogP contribution in [0.2, 0.25) is 5.15 Å². The topological polar surface area (TPSA) is 59.9 Å². The van der Waals surface area contributed by atoms with E-state index >= 15 is 0 Å². The predicted octanol–water partition coefficient (Wildman–Crippen LogP) is 3.12. The van der Waals surface area contributed by atoms with Gasteiger partial charge in [0.25, 0.3) is 0 Å². The molecule has 1 rings (SSSR count). The maximum absolute atomic E-state index is 11.5. The highest BCUT2D eigenvalue weighted by atomic mass is 79.9. The van der Waals surface area contributed by atoms with E-state index in [0.717, 1.165) is 11.9 Å². The van der Waals surface area contributed by atoms with E-state index in [-0.39, 0.29) is 16.9 Å². The van der Waals surface area contributed by atoms with Crippen molar-refractivity contribution in [3.05, 3.63) is 21.1 Å². The third kappa shape index (κ3) is 3.39. The molecule has 0 aliphatic carbocycles. The summed E-state index contributed by atoms with van der Waals surface area (Å²) < 4.78 is 23.6. The van der Waals surface area contributed by atoms with Crippen LogP contribution < -0.4 is 0 Å². The van der Waals surface area contributed by atoms with E-state index < -0.39 is 15.1 Å². The second-order valence-corrected chi connectivity index (χ2v) is 7.72. The predicted molar refractivity (Wildman–Crippen MR) is 72.1 cm³/mol. The molecule has 0 amide bonds. The number of hydrogen-bond acceptors (Lipinski definition) is 4. The van der Waals surface area contributed by atoms with E-state index in [1.54, 1.807) is 6.92 Å².